The SMILES string of the molecule is C=C(CCCCCCCC)CC(=O)CCCC. The van der Waals surface area contributed by atoms with Crippen LogP contribution >= 0.6 is 0 Å². The topological polar surface area (TPSA) is 17.1 Å². The standard InChI is InChI=1S/C16H30O/c1-4-6-8-9-10-11-12-15(3)14-16(17)13-7-5-2/h3-14H2,1-2H3. The molecule has 17 heavy (non-hydrogen) atoms. The van der Waals surface area contributed by atoms with E-state index in [1.54, 1.807) is 0 Å². The van der Waals surface area contributed by atoms with Crippen molar-refractivity contribution in [1.82, 2.24) is 0 Å². The Kier molecular flexibility index (Phi) is 11.5. The van der Waals surface area contributed by atoms with Crippen LogP contribution in [0.25, 0.3) is 0 Å². The molecule has 0 N–H and O–H groups in total. The van der Waals surface area contributed by atoms with Crippen LogP contribution < -0.4 is 0 Å². The molecule has 0 heterocycles. The Balaban J connectivity index is 3.36. The maximum absolute atomic E-state index is 11.5. The van der Waals surface area contributed by atoms with Gasteiger partial charge < -0.3 is 0 Å². The van der Waals surface area contributed by atoms with Gasteiger partial charge in [-0.05, 0) is 19.3 Å². The molecule has 0 saturated carbocycles. The van der Waals surface area contributed by atoms with Gasteiger partial charge >= 0.3 is 0 Å². The quantitative estimate of drug-likeness (QED) is 0.327. The molecule has 100 valence electrons. The number of ketones is 1. The molecule has 1 nitrogen and oxygen atoms in total. The van der Waals surface area contributed by atoms with Crippen LogP contribution in [0.3, 0.4) is 0 Å². The maximum atomic E-state index is 11.5. The Bertz CT molecular complexity index is 206. The zero-order valence-electron chi connectivity index (χ0n) is 11.9. The van der Waals surface area contributed by atoms with E-state index in [2.05, 4.69) is 20.4 Å². The summed E-state index contributed by atoms with van der Waals surface area (Å²) in [5.41, 5.74) is 1.14. The van der Waals surface area contributed by atoms with E-state index in [1.807, 2.05) is 0 Å². The number of unbranched alkanes of at least 4 members (excludes halogenated alkanes) is 6. The molecule has 0 aliphatic carbocycles. The molecule has 0 aliphatic rings. The van der Waals surface area contributed by atoms with Crippen LogP contribution in [0.15, 0.2) is 12.2 Å². The Hall–Kier alpha value is -0.590. The summed E-state index contributed by atoms with van der Waals surface area (Å²) >= 11 is 0. The highest BCUT2D eigenvalue weighted by Gasteiger charge is 2.03. The van der Waals surface area contributed by atoms with Crippen molar-refractivity contribution in [3.05, 3.63) is 12.2 Å². The van der Waals surface area contributed by atoms with Crippen molar-refractivity contribution in [2.24, 2.45) is 0 Å². The fraction of sp³-hybridized carbons (Fsp3) is 0.812. The van der Waals surface area contributed by atoms with E-state index in [4.69, 9.17) is 0 Å². The largest absolute Gasteiger partial charge is 0.299 e. The molecule has 0 aromatic heterocycles. The molecular formula is C16H30O. The van der Waals surface area contributed by atoms with Gasteiger partial charge in [0, 0.05) is 12.8 Å². The third kappa shape index (κ3) is 11.7. The van der Waals surface area contributed by atoms with Crippen LogP contribution in [-0.4, -0.2) is 5.78 Å². The van der Waals surface area contributed by atoms with Gasteiger partial charge in [-0.15, -0.1) is 0 Å². The summed E-state index contributed by atoms with van der Waals surface area (Å²) < 4.78 is 0. The van der Waals surface area contributed by atoms with Crippen molar-refractivity contribution in [3.8, 4) is 0 Å². The van der Waals surface area contributed by atoms with Gasteiger partial charge in [-0.25, -0.2) is 0 Å². The molecule has 0 radical (unpaired) electrons. The minimum atomic E-state index is 0.378. The Morgan fingerprint density at radius 1 is 0.824 bits per heavy atom. The summed E-state index contributed by atoms with van der Waals surface area (Å²) in [5.74, 6) is 0.378. The number of carbonyl (C=O) groups excluding carboxylic acids is 1. The molecule has 0 amide bonds. The number of Topliss-reactive ketones (excluding diaryl/α,β-unsaturated/α-hetero) is 1. The molecule has 1 heteroatoms. The van der Waals surface area contributed by atoms with Crippen molar-refractivity contribution >= 4 is 5.78 Å². The second kappa shape index (κ2) is 11.9. The van der Waals surface area contributed by atoms with E-state index in [9.17, 15) is 4.79 Å². The van der Waals surface area contributed by atoms with Crippen LogP contribution in [0.2, 0.25) is 0 Å². The smallest absolute Gasteiger partial charge is 0.136 e. The first-order valence-electron chi connectivity index (χ1n) is 7.39. The summed E-state index contributed by atoms with van der Waals surface area (Å²) in [4.78, 5) is 11.5. The molecule has 0 aromatic rings. The number of hydrogen-bond acceptors (Lipinski definition) is 1. The van der Waals surface area contributed by atoms with E-state index in [0.29, 0.717) is 12.2 Å². The van der Waals surface area contributed by atoms with Gasteiger partial charge in [0.1, 0.15) is 5.78 Å². The fourth-order valence-corrected chi connectivity index (χ4v) is 1.98. The lowest BCUT2D eigenvalue weighted by atomic mass is 10.0. The van der Waals surface area contributed by atoms with Gasteiger partial charge in [0.2, 0.25) is 0 Å². The first-order chi connectivity index (χ1) is 8.20. The van der Waals surface area contributed by atoms with Gasteiger partial charge in [-0.3, -0.25) is 4.79 Å². The van der Waals surface area contributed by atoms with Gasteiger partial charge in [-0.1, -0.05) is 64.5 Å². The van der Waals surface area contributed by atoms with Crippen LogP contribution in [-0.2, 0) is 4.79 Å². The summed E-state index contributed by atoms with van der Waals surface area (Å²) in [6, 6.07) is 0. The van der Waals surface area contributed by atoms with Crippen LogP contribution in [0.4, 0.5) is 0 Å². The number of hydrogen-bond donors (Lipinski definition) is 0. The fourth-order valence-electron chi connectivity index (χ4n) is 1.98. The number of allylic oxidation sites excluding steroid dienone is 1. The van der Waals surface area contributed by atoms with Gasteiger partial charge in [-0.2, -0.15) is 0 Å². The van der Waals surface area contributed by atoms with E-state index < -0.39 is 0 Å². The first kappa shape index (κ1) is 16.4. The molecule has 0 saturated heterocycles. The lowest BCUT2D eigenvalue weighted by Gasteiger charge is -2.05. The predicted molar refractivity (Wildman–Crippen MR) is 76.3 cm³/mol. The van der Waals surface area contributed by atoms with Crippen LogP contribution in [0, 0.1) is 0 Å². The van der Waals surface area contributed by atoms with Gasteiger partial charge in [0.15, 0.2) is 0 Å². The Labute approximate surface area is 108 Å². The molecule has 0 rings (SSSR count). The summed E-state index contributed by atoms with van der Waals surface area (Å²) in [6.07, 6.45) is 12.4. The van der Waals surface area contributed by atoms with Crippen molar-refractivity contribution in [2.75, 3.05) is 0 Å². The molecule has 0 spiro atoms. The molecule has 0 bridgehead atoms. The molecule has 0 atom stereocenters. The third-order valence-corrected chi connectivity index (χ3v) is 3.14. The monoisotopic (exact) mass is 238 g/mol. The predicted octanol–water partition coefficient (Wildman–Crippen LogP) is 5.44. The first-order valence-corrected chi connectivity index (χ1v) is 7.39. The maximum Gasteiger partial charge on any atom is 0.136 e. The highest BCUT2D eigenvalue weighted by Crippen LogP contribution is 2.14. The van der Waals surface area contributed by atoms with Crippen molar-refractivity contribution in [2.45, 2.75) is 84.5 Å². The van der Waals surface area contributed by atoms with E-state index in [-0.39, 0.29) is 0 Å². The van der Waals surface area contributed by atoms with Crippen molar-refractivity contribution in [1.29, 1.82) is 0 Å². The number of carbonyl (C=O) groups is 1. The molecule has 0 unspecified atom stereocenters. The highest BCUT2D eigenvalue weighted by molar-refractivity contribution is 5.80. The average Bonchev–Trinajstić information content (AvgIpc) is 2.31. The van der Waals surface area contributed by atoms with E-state index >= 15 is 0 Å². The number of rotatable bonds is 12. The van der Waals surface area contributed by atoms with Crippen molar-refractivity contribution < 1.29 is 4.79 Å². The van der Waals surface area contributed by atoms with Crippen LogP contribution in [0.1, 0.15) is 84.5 Å². The lowest BCUT2D eigenvalue weighted by Crippen LogP contribution is -1.99. The summed E-state index contributed by atoms with van der Waals surface area (Å²) in [6.45, 7) is 8.38. The van der Waals surface area contributed by atoms with E-state index in [0.717, 1.165) is 31.3 Å². The minimum Gasteiger partial charge on any atom is -0.299 e. The Morgan fingerprint density at radius 2 is 1.41 bits per heavy atom. The Morgan fingerprint density at radius 3 is 2.06 bits per heavy atom. The molecule has 0 fully saturated rings. The van der Waals surface area contributed by atoms with Gasteiger partial charge in [0.25, 0.3) is 0 Å². The van der Waals surface area contributed by atoms with Crippen LogP contribution in [0.5, 0.6) is 0 Å². The second-order valence-corrected chi connectivity index (χ2v) is 5.09. The molecular weight excluding hydrogens is 208 g/mol. The van der Waals surface area contributed by atoms with E-state index in [1.165, 1.54) is 38.5 Å². The van der Waals surface area contributed by atoms with Crippen molar-refractivity contribution in [3.63, 3.8) is 0 Å². The zero-order valence-corrected chi connectivity index (χ0v) is 11.9. The second-order valence-electron chi connectivity index (χ2n) is 5.09. The minimum absolute atomic E-state index is 0.378. The zero-order chi connectivity index (χ0) is 12.9. The molecule has 0 aromatic carbocycles. The highest BCUT2D eigenvalue weighted by atomic mass is 16.1. The van der Waals surface area contributed by atoms with Gasteiger partial charge in [0.05, 0.1) is 0 Å². The average molecular weight is 238 g/mol. The summed E-state index contributed by atoms with van der Waals surface area (Å²) in [7, 11) is 0. The molecule has 0 aliphatic heterocycles. The summed E-state index contributed by atoms with van der Waals surface area (Å²) in [5, 5.41) is 0. The normalized spacial score (nSPS) is 10.5. The third-order valence-electron chi connectivity index (χ3n) is 3.14. The lowest BCUT2D eigenvalue weighted by molar-refractivity contribution is -0.118.